The number of carbonyl (C=O) groups excluding carboxylic acids is 1. The first-order valence-electron chi connectivity index (χ1n) is 14.0. The number of rotatable bonds is 8. The summed E-state index contributed by atoms with van der Waals surface area (Å²) in [6, 6.07) is 23.0. The van der Waals surface area contributed by atoms with Crippen LogP contribution in [-0.4, -0.2) is 41.9 Å². The van der Waals surface area contributed by atoms with Crippen LogP contribution in [0.5, 0.6) is 0 Å². The Kier molecular flexibility index (Phi) is 10.3. The van der Waals surface area contributed by atoms with Crippen molar-refractivity contribution in [2.45, 2.75) is 32.6 Å². The van der Waals surface area contributed by atoms with Crippen LogP contribution < -0.4 is 11.3 Å². The largest absolute Gasteiger partial charge is 0.465 e. The fraction of sp³-hybridized carbons (Fsp3) is 0.188. The number of aryl methyl sites for hydroxylation is 3. The van der Waals surface area contributed by atoms with Crippen molar-refractivity contribution < 1.29 is 9.53 Å². The van der Waals surface area contributed by atoms with Crippen molar-refractivity contribution in [1.82, 2.24) is 28.8 Å². The number of halogens is 1. The SMILES string of the molecule is CCCc1nc2cccc(CCc3ccc(C(=O)OC)cc3)c2c(=O)n1-c1ccccc1.Nc1ncnc2c1ncn2PI. The molecule has 224 valence electrons. The van der Waals surface area contributed by atoms with Crippen LogP contribution in [0, 0.1) is 0 Å². The van der Waals surface area contributed by atoms with Gasteiger partial charge in [0.1, 0.15) is 18.5 Å². The first-order valence-corrected chi connectivity index (χ1v) is 18.1. The van der Waals surface area contributed by atoms with E-state index in [9.17, 15) is 9.59 Å². The zero-order chi connectivity index (χ0) is 31.1. The predicted molar refractivity (Wildman–Crippen MR) is 184 cm³/mol. The number of hydrogen-bond donors (Lipinski definition) is 1. The highest BCUT2D eigenvalue weighted by Crippen LogP contribution is 2.28. The van der Waals surface area contributed by atoms with Crippen LogP contribution in [0.4, 0.5) is 5.82 Å². The minimum atomic E-state index is -0.346. The van der Waals surface area contributed by atoms with Gasteiger partial charge in [0.2, 0.25) is 0 Å². The fourth-order valence-corrected chi connectivity index (χ4v) is 6.31. The Hall–Kier alpha value is -4.22. The number of nitrogens with two attached hydrogens (primary N) is 1. The number of fused-ring (bicyclic) bond motifs is 2. The molecule has 12 heteroatoms. The summed E-state index contributed by atoms with van der Waals surface area (Å²) in [5, 5.41) is 0.669. The molecule has 6 rings (SSSR count). The maximum absolute atomic E-state index is 13.7. The van der Waals surface area contributed by atoms with Gasteiger partial charge in [0.05, 0.1) is 35.6 Å². The van der Waals surface area contributed by atoms with Crippen LogP contribution in [0.25, 0.3) is 27.8 Å². The number of benzene rings is 3. The smallest absolute Gasteiger partial charge is 0.337 e. The summed E-state index contributed by atoms with van der Waals surface area (Å²) in [5.74, 6) is 0.876. The van der Waals surface area contributed by atoms with Crippen molar-refractivity contribution in [1.29, 1.82) is 0 Å². The first kappa shape index (κ1) is 31.2. The lowest BCUT2D eigenvalue weighted by atomic mass is 10.00. The molecule has 0 fully saturated rings. The van der Waals surface area contributed by atoms with Gasteiger partial charge in [-0.2, -0.15) is 0 Å². The average Bonchev–Trinajstić information content (AvgIpc) is 3.49. The van der Waals surface area contributed by atoms with Crippen LogP contribution in [-0.2, 0) is 24.0 Å². The van der Waals surface area contributed by atoms with E-state index in [1.807, 2.05) is 65.0 Å². The van der Waals surface area contributed by atoms with Gasteiger partial charge in [0.25, 0.3) is 5.56 Å². The van der Waals surface area contributed by atoms with Gasteiger partial charge in [-0.3, -0.25) is 13.7 Å². The average molecular weight is 720 g/mol. The molecule has 0 aliphatic carbocycles. The zero-order valence-corrected chi connectivity index (χ0v) is 27.4. The second-order valence-electron chi connectivity index (χ2n) is 9.88. The molecule has 1 atom stereocenters. The molecule has 3 aromatic heterocycles. The molecular weight excluding hydrogens is 688 g/mol. The van der Waals surface area contributed by atoms with Gasteiger partial charge in [-0.25, -0.2) is 24.7 Å². The lowest BCUT2D eigenvalue weighted by Crippen LogP contribution is -2.25. The van der Waals surface area contributed by atoms with Crippen LogP contribution in [0.2, 0.25) is 0 Å². The number of aromatic nitrogens is 6. The number of nitrogen functional groups attached to an aromatic ring is 1. The molecule has 0 radical (unpaired) electrons. The minimum Gasteiger partial charge on any atom is -0.465 e. The Bertz CT molecular complexity index is 1960. The van der Waals surface area contributed by atoms with Gasteiger partial charge in [0, 0.05) is 6.42 Å². The number of anilines is 1. The van der Waals surface area contributed by atoms with Crippen molar-refractivity contribution in [3.63, 3.8) is 0 Å². The molecule has 0 saturated carbocycles. The number of carbonyl (C=O) groups is 1. The molecule has 2 N–H and O–H groups in total. The summed E-state index contributed by atoms with van der Waals surface area (Å²) < 4.78 is 8.45. The molecule has 1 unspecified atom stereocenters. The summed E-state index contributed by atoms with van der Waals surface area (Å²) in [5.41, 5.74) is 11.2. The summed E-state index contributed by atoms with van der Waals surface area (Å²) in [6.07, 6.45) is 6.85. The van der Waals surface area contributed by atoms with E-state index in [-0.39, 0.29) is 11.5 Å². The summed E-state index contributed by atoms with van der Waals surface area (Å²) in [6.45, 7) is 2.09. The lowest BCUT2D eigenvalue weighted by Gasteiger charge is -2.15. The van der Waals surface area contributed by atoms with Gasteiger partial charge >= 0.3 is 5.97 Å². The number of ether oxygens (including phenoxy) is 1. The predicted octanol–water partition coefficient (Wildman–Crippen LogP) is 6.11. The van der Waals surface area contributed by atoms with Crippen molar-refractivity contribution in [2.75, 3.05) is 12.8 Å². The Morgan fingerprint density at radius 1 is 0.955 bits per heavy atom. The van der Waals surface area contributed by atoms with E-state index in [4.69, 9.17) is 15.5 Å². The maximum Gasteiger partial charge on any atom is 0.337 e. The number of imidazole rings is 1. The lowest BCUT2D eigenvalue weighted by molar-refractivity contribution is 0.0600. The van der Waals surface area contributed by atoms with Gasteiger partial charge in [-0.15, -0.1) is 0 Å². The van der Waals surface area contributed by atoms with Gasteiger partial charge in [0.15, 0.2) is 17.0 Å². The standard InChI is InChI=1S/C27H26N2O3.C5H5IN5P/c1-3-8-24-28-23-12-7-9-20(16-13-19-14-17-21(18-15-19)27(31)32-2)25(23)26(30)29(24)22-10-5-4-6-11-22;6-12-11-2-10-3-4(7)8-1-9-5(3)11/h4-7,9-12,14-15,17-18H,3,8,13,16H2,1-2H3;1-2,12H,(H2,7,8,9). The van der Waals surface area contributed by atoms with Gasteiger partial charge in [-0.1, -0.05) is 49.4 Å². The molecule has 0 aliphatic heterocycles. The van der Waals surface area contributed by atoms with Crippen LogP contribution >= 0.6 is 28.4 Å². The van der Waals surface area contributed by atoms with E-state index >= 15 is 0 Å². The molecule has 6 aromatic rings. The molecule has 3 heterocycles. The Balaban J connectivity index is 0.000000266. The quantitative estimate of drug-likeness (QED) is 0.113. The number of hydrogen-bond acceptors (Lipinski definition) is 8. The fourth-order valence-electron chi connectivity index (χ4n) is 4.91. The second-order valence-corrected chi connectivity index (χ2v) is 12.0. The molecule has 0 aliphatic rings. The Morgan fingerprint density at radius 2 is 1.73 bits per heavy atom. The van der Waals surface area contributed by atoms with Crippen LogP contribution in [0.1, 0.15) is 40.7 Å². The van der Waals surface area contributed by atoms with E-state index in [1.165, 1.54) is 13.4 Å². The highest BCUT2D eigenvalue weighted by Gasteiger charge is 2.15. The van der Waals surface area contributed by atoms with Crippen molar-refractivity contribution in [3.05, 3.63) is 118 Å². The minimum absolute atomic E-state index is 0.0266. The topological polar surface area (TPSA) is 131 Å². The van der Waals surface area contributed by atoms with Crippen molar-refractivity contribution >= 4 is 62.3 Å². The van der Waals surface area contributed by atoms with Crippen LogP contribution in [0.15, 0.2) is 90.2 Å². The zero-order valence-electron chi connectivity index (χ0n) is 24.3. The van der Waals surface area contributed by atoms with Crippen molar-refractivity contribution in [3.8, 4) is 5.69 Å². The molecule has 10 nitrogen and oxygen atoms in total. The summed E-state index contributed by atoms with van der Waals surface area (Å²) in [7, 11) is 1.37. The second kappa shape index (κ2) is 14.5. The van der Waals surface area contributed by atoms with Gasteiger partial charge in [-0.05, 0) is 82.8 Å². The summed E-state index contributed by atoms with van der Waals surface area (Å²) >= 11 is 2.26. The highest BCUT2D eigenvalue weighted by atomic mass is 127. The molecule has 44 heavy (non-hydrogen) atoms. The summed E-state index contributed by atoms with van der Waals surface area (Å²) in [4.78, 5) is 42.2. The number of methoxy groups -OCH3 is 1. The third-order valence-electron chi connectivity index (χ3n) is 7.05. The Morgan fingerprint density at radius 3 is 2.43 bits per heavy atom. The maximum atomic E-state index is 13.7. The first-order chi connectivity index (χ1) is 21.4. The van der Waals surface area contributed by atoms with Crippen molar-refractivity contribution in [2.24, 2.45) is 0 Å². The number of para-hydroxylation sites is 1. The number of nitrogens with zero attached hydrogens (tertiary/aromatic N) is 6. The Labute approximate surface area is 269 Å². The van der Waals surface area contributed by atoms with E-state index < -0.39 is 0 Å². The van der Waals surface area contributed by atoms with Crippen LogP contribution in [0.3, 0.4) is 0 Å². The van der Waals surface area contributed by atoms with Gasteiger partial charge < -0.3 is 10.5 Å². The van der Waals surface area contributed by atoms with E-state index in [2.05, 4.69) is 43.9 Å². The third kappa shape index (κ3) is 6.79. The molecule has 0 bridgehead atoms. The monoisotopic (exact) mass is 719 g/mol. The molecule has 3 aromatic carbocycles. The van der Waals surface area contributed by atoms with E-state index in [1.54, 1.807) is 23.0 Å². The third-order valence-corrected chi connectivity index (χ3v) is 9.12. The number of esters is 1. The highest BCUT2D eigenvalue weighted by molar-refractivity contribution is 14.2. The molecule has 0 amide bonds. The van der Waals surface area contributed by atoms with E-state index in [0.717, 1.165) is 53.1 Å². The normalized spacial score (nSPS) is 11.2. The molecular formula is C32H31IN7O3P. The molecule has 0 spiro atoms. The van der Waals surface area contributed by atoms with E-state index in [0.29, 0.717) is 35.1 Å². The molecule has 0 saturated heterocycles.